The Labute approximate surface area is 117 Å². The zero-order valence-corrected chi connectivity index (χ0v) is 11.4. The number of pyridine rings is 1. The Balaban J connectivity index is 2.07. The highest BCUT2D eigenvalue weighted by atomic mass is 35.5. The molecule has 0 bridgehead atoms. The number of alkyl halides is 3. The molecule has 19 heavy (non-hydrogen) atoms. The Kier molecular flexibility index (Phi) is 4.01. The first-order valence-corrected chi connectivity index (χ1v) is 6.61. The highest BCUT2D eigenvalue weighted by molar-refractivity contribution is 7.16. The van der Waals surface area contributed by atoms with Crippen molar-refractivity contribution in [3.63, 3.8) is 0 Å². The van der Waals surface area contributed by atoms with Gasteiger partial charge in [0.2, 0.25) is 0 Å². The Morgan fingerprint density at radius 3 is 2.47 bits per heavy atom. The molecule has 2 aromatic rings. The molecule has 102 valence electrons. The lowest BCUT2D eigenvalue weighted by molar-refractivity contribution is -0.141. The van der Waals surface area contributed by atoms with Crippen LogP contribution < -0.4 is 5.32 Å². The quantitative estimate of drug-likeness (QED) is 0.864. The van der Waals surface area contributed by atoms with E-state index >= 15 is 0 Å². The molecule has 1 atom stereocenters. The summed E-state index contributed by atoms with van der Waals surface area (Å²) in [6.07, 6.45) is -3.24. The maximum atomic E-state index is 12.4. The molecule has 0 saturated carbocycles. The molecule has 0 radical (unpaired) electrons. The summed E-state index contributed by atoms with van der Waals surface area (Å²) in [4.78, 5) is 4.40. The SMILES string of the molecule is CC(Nc1ccc(C(F)(F)F)nc1)c1ccc(Cl)s1. The van der Waals surface area contributed by atoms with Crippen LogP contribution in [0.5, 0.6) is 0 Å². The van der Waals surface area contributed by atoms with E-state index in [1.54, 1.807) is 6.07 Å². The number of nitrogens with one attached hydrogen (secondary N) is 1. The third-order valence-corrected chi connectivity index (χ3v) is 3.87. The summed E-state index contributed by atoms with van der Waals surface area (Å²) < 4.78 is 37.7. The number of halogens is 4. The van der Waals surface area contributed by atoms with Crippen LogP contribution in [0.3, 0.4) is 0 Å². The van der Waals surface area contributed by atoms with Gasteiger partial charge in [-0.15, -0.1) is 11.3 Å². The van der Waals surface area contributed by atoms with Crippen molar-refractivity contribution < 1.29 is 13.2 Å². The van der Waals surface area contributed by atoms with E-state index in [1.807, 2.05) is 13.0 Å². The topological polar surface area (TPSA) is 24.9 Å². The van der Waals surface area contributed by atoms with E-state index in [0.29, 0.717) is 10.0 Å². The van der Waals surface area contributed by atoms with Gasteiger partial charge in [0.15, 0.2) is 0 Å². The molecule has 2 nitrogen and oxygen atoms in total. The van der Waals surface area contributed by atoms with Gasteiger partial charge in [0.25, 0.3) is 0 Å². The predicted octanol–water partition coefficient (Wildman–Crippen LogP) is 4.99. The van der Waals surface area contributed by atoms with E-state index < -0.39 is 11.9 Å². The Morgan fingerprint density at radius 1 is 1.26 bits per heavy atom. The molecule has 0 spiro atoms. The normalized spacial score (nSPS) is 13.3. The van der Waals surface area contributed by atoms with Crippen LogP contribution in [0.1, 0.15) is 23.5 Å². The van der Waals surface area contributed by atoms with E-state index in [9.17, 15) is 13.2 Å². The Morgan fingerprint density at radius 2 is 2.00 bits per heavy atom. The van der Waals surface area contributed by atoms with Gasteiger partial charge in [-0.2, -0.15) is 13.2 Å². The van der Waals surface area contributed by atoms with E-state index in [-0.39, 0.29) is 6.04 Å². The van der Waals surface area contributed by atoms with Gasteiger partial charge < -0.3 is 5.32 Å². The van der Waals surface area contributed by atoms with Crippen molar-refractivity contribution in [3.8, 4) is 0 Å². The lowest BCUT2D eigenvalue weighted by Gasteiger charge is -2.14. The number of thiophene rings is 1. The molecule has 0 aromatic carbocycles. The molecule has 2 aromatic heterocycles. The molecule has 0 aliphatic heterocycles. The van der Waals surface area contributed by atoms with Crippen molar-refractivity contribution >= 4 is 28.6 Å². The summed E-state index contributed by atoms with van der Waals surface area (Å²) in [6.45, 7) is 1.90. The molecule has 2 heterocycles. The second kappa shape index (κ2) is 5.38. The average Bonchev–Trinajstić information content (AvgIpc) is 2.75. The lowest BCUT2D eigenvalue weighted by Crippen LogP contribution is -2.09. The summed E-state index contributed by atoms with van der Waals surface area (Å²) in [5.41, 5.74) is -0.366. The minimum Gasteiger partial charge on any atom is -0.376 e. The highest BCUT2D eigenvalue weighted by Crippen LogP contribution is 2.30. The van der Waals surface area contributed by atoms with Gasteiger partial charge in [0, 0.05) is 4.88 Å². The van der Waals surface area contributed by atoms with Gasteiger partial charge in [0.1, 0.15) is 5.69 Å². The molecular formula is C12H10ClF3N2S. The lowest BCUT2D eigenvalue weighted by atomic mass is 10.2. The second-order valence-electron chi connectivity index (χ2n) is 3.94. The van der Waals surface area contributed by atoms with Crippen molar-refractivity contribution in [3.05, 3.63) is 45.4 Å². The van der Waals surface area contributed by atoms with Crippen molar-refractivity contribution in [1.82, 2.24) is 4.98 Å². The van der Waals surface area contributed by atoms with Crippen LogP contribution in [-0.4, -0.2) is 4.98 Å². The molecule has 0 aliphatic carbocycles. The Bertz CT molecular complexity index is 551. The van der Waals surface area contributed by atoms with E-state index in [2.05, 4.69) is 10.3 Å². The number of hydrogen-bond donors (Lipinski definition) is 1. The number of hydrogen-bond acceptors (Lipinski definition) is 3. The molecule has 1 unspecified atom stereocenters. The fourth-order valence-corrected chi connectivity index (χ4v) is 2.59. The van der Waals surface area contributed by atoms with Crippen LogP contribution in [-0.2, 0) is 6.18 Å². The minimum atomic E-state index is -4.41. The first kappa shape index (κ1) is 14.1. The third-order valence-electron chi connectivity index (χ3n) is 2.46. The third kappa shape index (κ3) is 3.61. The van der Waals surface area contributed by atoms with Crippen molar-refractivity contribution in [2.75, 3.05) is 5.32 Å². The maximum Gasteiger partial charge on any atom is 0.433 e. The number of nitrogens with zero attached hydrogens (tertiary/aromatic N) is 1. The fraction of sp³-hybridized carbons (Fsp3) is 0.250. The zero-order valence-electron chi connectivity index (χ0n) is 9.83. The van der Waals surface area contributed by atoms with E-state index in [1.165, 1.54) is 23.6 Å². The van der Waals surface area contributed by atoms with Gasteiger partial charge in [-0.1, -0.05) is 11.6 Å². The summed E-state index contributed by atoms with van der Waals surface area (Å²) in [5.74, 6) is 0. The van der Waals surface area contributed by atoms with Crippen molar-refractivity contribution in [1.29, 1.82) is 0 Å². The highest BCUT2D eigenvalue weighted by Gasteiger charge is 2.32. The van der Waals surface area contributed by atoms with Crippen molar-refractivity contribution in [2.45, 2.75) is 19.1 Å². The summed E-state index contributed by atoms with van der Waals surface area (Å²) in [6, 6.07) is 5.93. The van der Waals surface area contributed by atoms with Crippen LogP contribution in [0, 0.1) is 0 Å². The van der Waals surface area contributed by atoms with Gasteiger partial charge in [0.05, 0.1) is 22.3 Å². The average molecular weight is 307 g/mol. The second-order valence-corrected chi connectivity index (χ2v) is 5.68. The smallest absolute Gasteiger partial charge is 0.376 e. The van der Waals surface area contributed by atoms with E-state index in [4.69, 9.17) is 11.6 Å². The van der Waals surface area contributed by atoms with Crippen molar-refractivity contribution in [2.24, 2.45) is 0 Å². The fourth-order valence-electron chi connectivity index (χ4n) is 1.53. The van der Waals surface area contributed by atoms with Crippen LogP contribution in [0.2, 0.25) is 4.34 Å². The molecule has 0 aliphatic rings. The predicted molar refractivity (Wildman–Crippen MR) is 70.6 cm³/mol. The van der Waals surface area contributed by atoms with Crippen LogP contribution >= 0.6 is 22.9 Å². The van der Waals surface area contributed by atoms with Gasteiger partial charge in [-0.3, -0.25) is 0 Å². The van der Waals surface area contributed by atoms with Gasteiger partial charge in [-0.25, -0.2) is 4.98 Å². The monoisotopic (exact) mass is 306 g/mol. The minimum absolute atomic E-state index is 0.0453. The maximum absolute atomic E-state index is 12.4. The molecule has 0 fully saturated rings. The molecule has 0 saturated heterocycles. The molecule has 1 N–H and O–H groups in total. The summed E-state index contributed by atoms with van der Waals surface area (Å²) in [5, 5.41) is 3.07. The first-order valence-electron chi connectivity index (χ1n) is 5.41. The Hall–Kier alpha value is -1.27. The molecule has 0 amide bonds. The number of anilines is 1. The number of aromatic nitrogens is 1. The standard InChI is InChI=1S/C12H10ClF3N2S/c1-7(9-3-5-11(13)19-9)18-8-2-4-10(17-6-8)12(14,15)16/h2-7,18H,1H3. The molecule has 2 rings (SSSR count). The molecule has 7 heteroatoms. The van der Waals surface area contributed by atoms with E-state index in [0.717, 1.165) is 10.9 Å². The summed E-state index contributed by atoms with van der Waals surface area (Å²) >= 11 is 7.26. The summed E-state index contributed by atoms with van der Waals surface area (Å²) in [7, 11) is 0. The van der Waals surface area contributed by atoms with Crippen LogP contribution in [0.4, 0.5) is 18.9 Å². The number of rotatable bonds is 3. The van der Waals surface area contributed by atoms with Gasteiger partial charge in [-0.05, 0) is 31.2 Å². The molecular weight excluding hydrogens is 297 g/mol. The van der Waals surface area contributed by atoms with Crippen LogP contribution in [0.25, 0.3) is 0 Å². The first-order chi connectivity index (χ1) is 8.86. The largest absolute Gasteiger partial charge is 0.433 e. The van der Waals surface area contributed by atoms with Crippen LogP contribution in [0.15, 0.2) is 30.5 Å². The zero-order chi connectivity index (χ0) is 14.0. The van der Waals surface area contributed by atoms with Gasteiger partial charge >= 0.3 is 6.18 Å².